The molecule has 2 saturated heterocycles. The number of aliphatic carboxylic acids is 1. The van der Waals surface area contributed by atoms with Gasteiger partial charge < -0.3 is 14.7 Å². The van der Waals surface area contributed by atoms with Gasteiger partial charge in [-0.25, -0.2) is 0 Å². The number of carboxylic acids is 1. The summed E-state index contributed by atoms with van der Waals surface area (Å²) in [4.78, 5) is 30.0. The molecule has 1 aromatic carbocycles. The molecular formula is C21H31N3O4. The van der Waals surface area contributed by atoms with Crippen LogP contribution in [0.3, 0.4) is 0 Å². The molecule has 154 valence electrons. The summed E-state index contributed by atoms with van der Waals surface area (Å²) in [6.45, 7) is 4.88. The molecule has 0 aromatic heterocycles. The highest BCUT2D eigenvalue weighted by atomic mass is 16.5. The van der Waals surface area contributed by atoms with E-state index >= 15 is 0 Å². The van der Waals surface area contributed by atoms with Gasteiger partial charge in [0.05, 0.1) is 25.2 Å². The molecule has 2 aliphatic rings. The van der Waals surface area contributed by atoms with E-state index in [9.17, 15) is 9.59 Å². The van der Waals surface area contributed by atoms with E-state index in [0.29, 0.717) is 26.2 Å². The van der Waals surface area contributed by atoms with Gasteiger partial charge in [-0.2, -0.15) is 0 Å². The number of ether oxygens (including phenoxy) is 1. The van der Waals surface area contributed by atoms with E-state index < -0.39 is 5.97 Å². The highest BCUT2D eigenvalue weighted by Gasteiger charge is 2.32. The number of morpholine rings is 1. The standard InChI is InChI=1S/C21H31N3O4/c1-22(16-20(25)26)14-19-15-24(10-11-28-19)21(27)18-8-5-9-23(13-18)12-17-6-3-2-4-7-17/h2-4,6-7,18-19H,5,8-16H2,1H3,(H,25,26)/t18-,19+/m1/s1. The average molecular weight is 389 g/mol. The van der Waals surface area contributed by atoms with Crippen LogP contribution in [0.25, 0.3) is 0 Å². The van der Waals surface area contributed by atoms with Gasteiger partial charge in [-0.1, -0.05) is 30.3 Å². The molecule has 2 heterocycles. The zero-order chi connectivity index (χ0) is 19.9. The molecule has 0 saturated carbocycles. The third kappa shape index (κ3) is 6.02. The van der Waals surface area contributed by atoms with E-state index in [1.54, 1.807) is 11.9 Å². The molecule has 0 radical (unpaired) electrons. The number of likely N-dealkylation sites (tertiary alicyclic amines) is 1. The van der Waals surface area contributed by atoms with Crippen molar-refractivity contribution in [2.24, 2.45) is 5.92 Å². The van der Waals surface area contributed by atoms with Crippen LogP contribution in [0.15, 0.2) is 30.3 Å². The summed E-state index contributed by atoms with van der Waals surface area (Å²) in [5, 5.41) is 8.90. The maximum atomic E-state index is 13.1. The van der Waals surface area contributed by atoms with Crippen molar-refractivity contribution in [3.63, 3.8) is 0 Å². The highest BCUT2D eigenvalue weighted by Crippen LogP contribution is 2.22. The largest absolute Gasteiger partial charge is 0.480 e. The zero-order valence-electron chi connectivity index (χ0n) is 16.6. The number of hydrogen-bond donors (Lipinski definition) is 1. The molecule has 0 unspecified atom stereocenters. The van der Waals surface area contributed by atoms with E-state index in [1.165, 1.54) is 5.56 Å². The molecule has 1 aromatic rings. The number of carbonyl (C=O) groups excluding carboxylic acids is 1. The topological polar surface area (TPSA) is 73.3 Å². The van der Waals surface area contributed by atoms with Gasteiger partial charge in [-0.15, -0.1) is 0 Å². The lowest BCUT2D eigenvalue weighted by atomic mass is 9.95. The molecule has 0 bridgehead atoms. The Labute approximate surface area is 166 Å². The van der Waals surface area contributed by atoms with Gasteiger partial charge >= 0.3 is 5.97 Å². The fourth-order valence-electron chi connectivity index (χ4n) is 4.17. The minimum absolute atomic E-state index is 0.0229. The molecule has 2 aliphatic heterocycles. The van der Waals surface area contributed by atoms with E-state index in [0.717, 1.165) is 32.5 Å². The molecule has 0 spiro atoms. The molecule has 7 heteroatoms. The normalized spacial score (nSPS) is 23.7. The number of hydrogen-bond acceptors (Lipinski definition) is 5. The Hall–Kier alpha value is -1.96. The van der Waals surface area contributed by atoms with Gasteiger partial charge in [-0.05, 0) is 32.0 Å². The molecule has 1 N–H and O–H groups in total. The number of carboxylic acid groups (broad SMARTS) is 1. The van der Waals surface area contributed by atoms with Crippen LogP contribution in [0.1, 0.15) is 18.4 Å². The van der Waals surface area contributed by atoms with E-state index in [1.807, 2.05) is 11.0 Å². The van der Waals surface area contributed by atoms with Crippen molar-refractivity contribution in [2.45, 2.75) is 25.5 Å². The zero-order valence-corrected chi connectivity index (χ0v) is 16.6. The van der Waals surface area contributed by atoms with Crippen molar-refractivity contribution >= 4 is 11.9 Å². The number of likely N-dealkylation sites (N-methyl/N-ethyl adjacent to an activating group) is 1. The molecule has 2 fully saturated rings. The number of amides is 1. The Morgan fingerprint density at radius 3 is 2.75 bits per heavy atom. The third-order valence-corrected chi connectivity index (χ3v) is 5.47. The Balaban J connectivity index is 1.51. The van der Waals surface area contributed by atoms with E-state index in [2.05, 4.69) is 29.2 Å². The third-order valence-electron chi connectivity index (χ3n) is 5.47. The number of benzene rings is 1. The Morgan fingerprint density at radius 2 is 2.00 bits per heavy atom. The van der Waals surface area contributed by atoms with Crippen LogP contribution in [-0.4, -0.2) is 90.7 Å². The molecule has 3 rings (SSSR count). The van der Waals surface area contributed by atoms with Crippen molar-refractivity contribution in [3.05, 3.63) is 35.9 Å². The van der Waals surface area contributed by atoms with Crippen LogP contribution in [0.5, 0.6) is 0 Å². The highest BCUT2D eigenvalue weighted by molar-refractivity contribution is 5.79. The Bertz CT molecular complexity index is 654. The second kappa shape index (κ2) is 10.0. The molecule has 0 aliphatic carbocycles. The lowest BCUT2D eigenvalue weighted by Crippen LogP contribution is -2.53. The van der Waals surface area contributed by atoms with Crippen molar-refractivity contribution in [1.29, 1.82) is 0 Å². The van der Waals surface area contributed by atoms with Gasteiger partial charge in [0.1, 0.15) is 0 Å². The molecular weight excluding hydrogens is 358 g/mol. The van der Waals surface area contributed by atoms with E-state index in [4.69, 9.17) is 9.84 Å². The molecule has 1 amide bonds. The van der Waals surface area contributed by atoms with Crippen molar-refractivity contribution in [3.8, 4) is 0 Å². The predicted octanol–water partition coefficient (Wildman–Crippen LogP) is 1.14. The first-order valence-electron chi connectivity index (χ1n) is 10.1. The molecule has 7 nitrogen and oxygen atoms in total. The summed E-state index contributed by atoms with van der Waals surface area (Å²) in [6, 6.07) is 10.4. The summed E-state index contributed by atoms with van der Waals surface area (Å²) in [5.41, 5.74) is 1.28. The van der Waals surface area contributed by atoms with Crippen molar-refractivity contribution in [2.75, 3.05) is 52.9 Å². The number of rotatable bonds is 7. The lowest BCUT2D eigenvalue weighted by molar-refractivity contribution is -0.146. The van der Waals surface area contributed by atoms with Gasteiger partial charge in [0, 0.05) is 32.7 Å². The van der Waals surface area contributed by atoms with Crippen LogP contribution in [0, 0.1) is 5.92 Å². The smallest absolute Gasteiger partial charge is 0.317 e. The number of carbonyl (C=O) groups is 2. The second-order valence-electron chi connectivity index (χ2n) is 7.93. The van der Waals surface area contributed by atoms with Crippen LogP contribution in [0.2, 0.25) is 0 Å². The minimum Gasteiger partial charge on any atom is -0.480 e. The summed E-state index contributed by atoms with van der Waals surface area (Å²) >= 11 is 0. The van der Waals surface area contributed by atoms with Gasteiger partial charge in [0.25, 0.3) is 0 Å². The summed E-state index contributed by atoms with van der Waals surface area (Å²) < 4.78 is 5.76. The molecule has 2 atom stereocenters. The van der Waals surface area contributed by atoms with Crippen LogP contribution >= 0.6 is 0 Å². The van der Waals surface area contributed by atoms with Gasteiger partial charge in [-0.3, -0.25) is 19.4 Å². The summed E-state index contributed by atoms with van der Waals surface area (Å²) in [6.07, 6.45) is 1.84. The predicted molar refractivity (Wildman–Crippen MR) is 106 cm³/mol. The SMILES string of the molecule is CN(CC(=O)O)C[C@H]1CN(C(=O)[C@@H]2CCCN(Cc3ccccc3)C2)CCO1. The monoisotopic (exact) mass is 389 g/mol. The average Bonchev–Trinajstić information content (AvgIpc) is 2.68. The Kier molecular flexibility index (Phi) is 7.42. The van der Waals surface area contributed by atoms with Crippen molar-refractivity contribution < 1.29 is 19.4 Å². The second-order valence-corrected chi connectivity index (χ2v) is 7.93. The van der Waals surface area contributed by atoms with Gasteiger partial charge in [0.15, 0.2) is 0 Å². The first kappa shape index (κ1) is 20.8. The summed E-state index contributed by atoms with van der Waals surface area (Å²) in [7, 11) is 1.76. The quantitative estimate of drug-likeness (QED) is 0.754. The lowest BCUT2D eigenvalue weighted by Gasteiger charge is -2.39. The molecule has 28 heavy (non-hydrogen) atoms. The van der Waals surface area contributed by atoms with Crippen LogP contribution in [-0.2, 0) is 20.9 Å². The fourth-order valence-corrected chi connectivity index (χ4v) is 4.17. The minimum atomic E-state index is -0.855. The van der Waals surface area contributed by atoms with Crippen LogP contribution < -0.4 is 0 Å². The summed E-state index contributed by atoms with van der Waals surface area (Å²) in [5.74, 6) is -0.605. The first-order valence-corrected chi connectivity index (χ1v) is 10.1. The Morgan fingerprint density at radius 1 is 1.21 bits per heavy atom. The maximum Gasteiger partial charge on any atom is 0.317 e. The van der Waals surface area contributed by atoms with E-state index in [-0.39, 0.29) is 24.5 Å². The first-order chi connectivity index (χ1) is 13.5. The number of piperidine rings is 1. The van der Waals surface area contributed by atoms with Gasteiger partial charge in [0.2, 0.25) is 5.91 Å². The fraction of sp³-hybridized carbons (Fsp3) is 0.619. The van der Waals surface area contributed by atoms with Crippen molar-refractivity contribution in [1.82, 2.24) is 14.7 Å². The maximum absolute atomic E-state index is 13.1. The number of nitrogens with zero attached hydrogens (tertiary/aromatic N) is 3. The van der Waals surface area contributed by atoms with Crippen LogP contribution in [0.4, 0.5) is 0 Å².